The van der Waals surface area contributed by atoms with Crippen LogP contribution in [0.15, 0.2) is 17.2 Å². The zero-order valence-corrected chi connectivity index (χ0v) is 10.6. The Kier molecular flexibility index (Phi) is 3.82. The van der Waals surface area contributed by atoms with Gasteiger partial charge in [0.1, 0.15) is 0 Å². The molecule has 1 aliphatic carbocycles. The average Bonchev–Trinajstić information content (AvgIpc) is 2.21. The van der Waals surface area contributed by atoms with Crippen LogP contribution in [0.2, 0.25) is 0 Å². The summed E-state index contributed by atoms with van der Waals surface area (Å²) in [6.07, 6.45) is 8.27. The van der Waals surface area contributed by atoms with Crippen molar-refractivity contribution in [3.05, 3.63) is 22.7 Å². The molecule has 1 atom stereocenters. The van der Waals surface area contributed by atoms with Gasteiger partial charge in [-0.25, -0.2) is 4.98 Å². The van der Waals surface area contributed by atoms with Gasteiger partial charge >= 0.3 is 0 Å². The van der Waals surface area contributed by atoms with Crippen LogP contribution in [0.25, 0.3) is 0 Å². The van der Waals surface area contributed by atoms with Gasteiger partial charge < -0.3 is 9.88 Å². The minimum absolute atomic E-state index is 0.000485. The topological polar surface area (TPSA) is 46.9 Å². The van der Waals surface area contributed by atoms with Crippen LogP contribution in [0.5, 0.6) is 0 Å². The van der Waals surface area contributed by atoms with Crippen LogP contribution in [0, 0.1) is 5.92 Å². The molecule has 17 heavy (non-hydrogen) atoms. The van der Waals surface area contributed by atoms with Crippen molar-refractivity contribution in [3.63, 3.8) is 0 Å². The molecule has 2 rings (SSSR count). The first-order valence-electron chi connectivity index (χ1n) is 6.54. The van der Waals surface area contributed by atoms with E-state index >= 15 is 0 Å². The van der Waals surface area contributed by atoms with E-state index in [1.807, 2.05) is 0 Å². The average molecular weight is 235 g/mol. The zero-order chi connectivity index (χ0) is 12.3. The van der Waals surface area contributed by atoms with E-state index in [4.69, 9.17) is 0 Å². The minimum Gasteiger partial charge on any atom is -0.363 e. The van der Waals surface area contributed by atoms with E-state index in [1.54, 1.807) is 17.0 Å². The summed E-state index contributed by atoms with van der Waals surface area (Å²) in [5.74, 6) is 1.20. The van der Waals surface area contributed by atoms with Crippen LogP contribution in [-0.2, 0) is 6.54 Å². The zero-order valence-electron chi connectivity index (χ0n) is 10.6. The van der Waals surface area contributed by atoms with Crippen LogP contribution in [0.3, 0.4) is 0 Å². The Bertz CT molecular complexity index is 423. The lowest BCUT2D eigenvalue weighted by molar-refractivity contribution is 0.284. The summed E-state index contributed by atoms with van der Waals surface area (Å²) in [7, 11) is 0. The van der Waals surface area contributed by atoms with E-state index in [2.05, 4.69) is 24.1 Å². The molecule has 1 aliphatic rings. The molecule has 4 heteroatoms. The second-order valence-electron chi connectivity index (χ2n) is 4.90. The van der Waals surface area contributed by atoms with E-state index < -0.39 is 0 Å². The SMILES string of the molecule is CCCn1ccnc(NC(C)C2CCC2)c1=O. The maximum Gasteiger partial charge on any atom is 0.293 e. The summed E-state index contributed by atoms with van der Waals surface area (Å²) in [5.41, 5.74) is 0.000485. The van der Waals surface area contributed by atoms with E-state index in [-0.39, 0.29) is 5.56 Å². The quantitative estimate of drug-likeness (QED) is 0.851. The molecule has 1 aromatic rings. The standard InChI is InChI=1S/C13H21N3O/c1-3-8-16-9-7-14-12(13(16)17)15-10(2)11-5-4-6-11/h7,9-11H,3-6,8H2,1-2H3,(H,14,15). The van der Waals surface area contributed by atoms with Crippen LogP contribution in [0.4, 0.5) is 5.82 Å². The fraction of sp³-hybridized carbons (Fsp3) is 0.692. The van der Waals surface area contributed by atoms with Gasteiger partial charge in [0.05, 0.1) is 0 Å². The first-order valence-corrected chi connectivity index (χ1v) is 6.54. The number of anilines is 1. The van der Waals surface area contributed by atoms with Gasteiger partial charge in [0.15, 0.2) is 5.82 Å². The monoisotopic (exact) mass is 235 g/mol. The van der Waals surface area contributed by atoms with Gasteiger partial charge in [-0.15, -0.1) is 0 Å². The van der Waals surface area contributed by atoms with Crippen molar-refractivity contribution in [3.8, 4) is 0 Å². The van der Waals surface area contributed by atoms with E-state index in [9.17, 15) is 4.79 Å². The summed E-state index contributed by atoms with van der Waals surface area (Å²) in [4.78, 5) is 16.2. The molecule has 1 unspecified atom stereocenters. The van der Waals surface area contributed by atoms with Crippen LogP contribution in [0.1, 0.15) is 39.5 Å². The number of rotatable bonds is 5. The van der Waals surface area contributed by atoms with Gasteiger partial charge in [-0.3, -0.25) is 4.79 Å². The largest absolute Gasteiger partial charge is 0.363 e. The molecular formula is C13H21N3O. The maximum atomic E-state index is 12.1. The summed E-state index contributed by atoms with van der Waals surface area (Å²) >= 11 is 0. The van der Waals surface area contributed by atoms with Crippen molar-refractivity contribution in [2.24, 2.45) is 5.92 Å². The number of nitrogens with one attached hydrogen (secondary N) is 1. The molecule has 0 aliphatic heterocycles. The Morgan fingerprint density at radius 2 is 2.35 bits per heavy atom. The lowest BCUT2D eigenvalue weighted by Crippen LogP contribution is -2.34. The number of hydrogen-bond donors (Lipinski definition) is 1. The van der Waals surface area contributed by atoms with E-state index in [0.717, 1.165) is 13.0 Å². The van der Waals surface area contributed by atoms with Crippen LogP contribution < -0.4 is 10.9 Å². The van der Waals surface area contributed by atoms with Crippen molar-refractivity contribution < 1.29 is 0 Å². The van der Waals surface area contributed by atoms with Gasteiger partial charge in [0.2, 0.25) is 0 Å². The summed E-state index contributed by atoms with van der Waals surface area (Å²) in [6, 6.07) is 0.349. The molecular weight excluding hydrogens is 214 g/mol. The number of aromatic nitrogens is 2. The van der Waals surface area contributed by atoms with Gasteiger partial charge in [-0.2, -0.15) is 0 Å². The fourth-order valence-electron chi connectivity index (χ4n) is 2.24. The highest BCUT2D eigenvalue weighted by Gasteiger charge is 2.24. The number of aryl methyl sites for hydroxylation is 1. The van der Waals surface area contributed by atoms with Crippen LogP contribution >= 0.6 is 0 Å². The molecule has 0 amide bonds. The number of hydrogen-bond acceptors (Lipinski definition) is 3. The fourth-order valence-corrected chi connectivity index (χ4v) is 2.24. The van der Waals surface area contributed by atoms with Crippen molar-refractivity contribution in [2.45, 2.75) is 52.1 Å². The van der Waals surface area contributed by atoms with Gasteiger partial charge in [0, 0.05) is 25.0 Å². The Morgan fingerprint density at radius 1 is 1.59 bits per heavy atom. The Hall–Kier alpha value is -1.32. The molecule has 1 N–H and O–H groups in total. The maximum absolute atomic E-state index is 12.1. The van der Waals surface area contributed by atoms with Gasteiger partial charge in [0.25, 0.3) is 5.56 Å². The highest BCUT2D eigenvalue weighted by Crippen LogP contribution is 2.30. The molecule has 0 aromatic carbocycles. The Morgan fingerprint density at radius 3 is 2.94 bits per heavy atom. The molecule has 0 spiro atoms. The molecule has 1 aromatic heterocycles. The molecule has 0 saturated heterocycles. The highest BCUT2D eigenvalue weighted by molar-refractivity contribution is 5.32. The van der Waals surface area contributed by atoms with Crippen molar-refractivity contribution in [1.82, 2.24) is 9.55 Å². The minimum atomic E-state index is 0.000485. The lowest BCUT2D eigenvalue weighted by atomic mass is 9.80. The number of nitrogens with zero attached hydrogens (tertiary/aromatic N) is 2. The second-order valence-corrected chi connectivity index (χ2v) is 4.90. The third-order valence-electron chi connectivity index (χ3n) is 3.60. The Balaban J connectivity index is 2.09. The smallest absolute Gasteiger partial charge is 0.293 e. The molecule has 1 heterocycles. The summed E-state index contributed by atoms with van der Waals surface area (Å²) in [5, 5.41) is 3.27. The molecule has 0 bridgehead atoms. The Labute approximate surface area is 102 Å². The summed E-state index contributed by atoms with van der Waals surface area (Å²) in [6.45, 7) is 4.97. The van der Waals surface area contributed by atoms with Crippen LogP contribution in [-0.4, -0.2) is 15.6 Å². The van der Waals surface area contributed by atoms with Gasteiger partial charge in [-0.05, 0) is 32.1 Å². The molecule has 94 valence electrons. The normalized spacial score (nSPS) is 17.5. The summed E-state index contributed by atoms with van der Waals surface area (Å²) < 4.78 is 1.73. The van der Waals surface area contributed by atoms with Crippen molar-refractivity contribution in [1.29, 1.82) is 0 Å². The molecule has 1 saturated carbocycles. The van der Waals surface area contributed by atoms with E-state index in [1.165, 1.54) is 19.3 Å². The third kappa shape index (κ3) is 2.68. The third-order valence-corrected chi connectivity index (χ3v) is 3.60. The van der Waals surface area contributed by atoms with Crippen molar-refractivity contribution >= 4 is 5.82 Å². The predicted octanol–water partition coefficient (Wildman–Crippen LogP) is 2.25. The second kappa shape index (κ2) is 5.34. The lowest BCUT2D eigenvalue weighted by Gasteiger charge is -2.32. The highest BCUT2D eigenvalue weighted by atomic mass is 16.1. The molecule has 1 fully saturated rings. The first-order chi connectivity index (χ1) is 8.22. The molecule has 4 nitrogen and oxygen atoms in total. The first kappa shape index (κ1) is 12.1. The van der Waals surface area contributed by atoms with Gasteiger partial charge in [-0.1, -0.05) is 13.3 Å². The molecule has 0 radical (unpaired) electrons. The van der Waals surface area contributed by atoms with Crippen molar-refractivity contribution in [2.75, 3.05) is 5.32 Å². The van der Waals surface area contributed by atoms with E-state index in [0.29, 0.717) is 17.8 Å². The predicted molar refractivity (Wildman–Crippen MR) is 69.2 cm³/mol.